The molecule has 0 spiro atoms. The molecule has 0 aromatic carbocycles. The Kier molecular flexibility index (Phi) is 2.20. The lowest BCUT2D eigenvalue weighted by atomic mass is 9.90. The molecule has 2 rings (SSSR count). The number of thiophene rings is 1. The van der Waals surface area contributed by atoms with E-state index in [1.165, 1.54) is 29.7 Å². The molecule has 1 atom stereocenters. The molecular formula is C11H17NS. The van der Waals surface area contributed by atoms with E-state index in [-0.39, 0.29) is 6.04 Å². The molecule has 1 nitrogen and oxygen atoms in total. The van der Waals surface area contributed by atoms with E-state index in [1.807, 2.05) is 11.3 Å². The van der Waals surface area contributed by atoms with Crippen LogP contribution in [0.25, 0.3) is 0 Å². The first-order valence-corrected chi connectivity index (χ1v) is 5.86. The molecular weight excluding hydrogens is 178 g/mol. The van der Waals surface area contributed by atoms with Gasteiger partial charge in [-0.2, -0.15) is 0 Å². The van der Waals surface area contributed by atoms with Gasteiger partial charge in [-0.25, -0.2) is 0 Å². The summed E-state index contributed by atoms with van der Waals surface area (Å²) >= 11 is 1.81. The van der Waals surface area contributed by atoms with E-state index >= 15 is 0 Å². The minimum Gasteiger partial charge on any atom is -0.323 e. The molecule has 1 aromatic rings. The fourth-order valence-electron chi connectivity index (χ4n) is 2.03. The van der Waals surface area contributed by atoms with Crippen LogP contribution in [0.1, 0.15) is 42.7 Å². The van der Waals surface area contributed by atoms with Gasteiger partial charge in [0, 0.05) is 10.9 Å². The Morgan fingerprint density at radius 2 is 2.31 bits per heavy atom. The normalized spacial score (nSPS) is 21.5. The third kappa shape index (κ3) is 1.53. The second-order valence-corrected chi connectivity index (χ2v) is 5.30. The second-order valence-electron chi connectivity index (χ2n) is 4.18. The predicted octanol–water partition coefficient (Wildman–Crippen LogP) is 3.25. The van der Waals surface area contributed by atoms with Crippen molar-refractivity contribution in [3.05, 3.63) is 21.9 Å². The number of aryl methyl sites for hydroxylation is 1. The van der Waals surface area contributed by atoms with Gasteiger partial charge in [-0.1, -0.05) is 6.92 Å². The maximum atomic E-state index is 6.27. The van der Waals surface area contributed by atoms with E-state index in [0.29, 0.717) is 5.41 Å². The van der Waals surface area contributed by atoms with Crippen molar-refractivity contribution in [2.45, 2.75) is 39.2 Å². The van der Waals surface area contributed by atoms with Crippen LogP contribution < -0.4 is 5.73 Å². The van der Waals surface area contributed by atoms with Crippen molar-refractivity contribution in [2.75, 3.05) is 0 Å². The molecule has 0 radical (unpaired) electrons. The molecule has 0 amide bonds. The van der Waals surface area contributed by atoms with Gasteiger partial charge >= 0.3 is 0 Å². The van der Waals surface area contributed by atoms with Crippen LogP contribution in [0.5, 0.6) is 0 Å². The van der Waals surface area contributed by atoms with Crippen LogP contribution in [0, 0.1) is 12.3 Å². The third-order valence-corrected chi connectivity index (χ3v) is 4.25. The highest BCUT2D eigenvalue weighted by molar-refractivity contribution is 7.10. The average Bonchev–Trinajstić information content (AvgIpc) is 2.82. The van der Waals surface area contributed by atoms with Gasteiger partial charge < -0.3 is 5.73 Å². The standard InChI is InChI=1S/C11H17NS/c1-3-11(4-5-11)10(12)9-6-8(2)13-7-9/h6-7,10H,3-5,12H2,1-2H3. The van der Waals surface area contributed by atoms with Crippen LogP contribution in [0.2, 0.25) is 0 Å². The Morgan fingerprint density at radius 3 is 2.69 bits per heavy atom. The van der Waals surface area contributed by atoms with E-state index in [0.717, 1.165) is 0 Å². The first kappa shape index (κ1) is 9.22. The van der Waals surface area contributed by atoms with E-state index in [4.69, 9.17) is 5.73 Å². The van der Waals surface area contributed by atoms with E-state index in [1.54, 1.807) is 0 Å². The monoisotopic (exact) mass is 195 g/mol. The van der Waals surface area contributed by atoms with Crippen molar-refractivity contribution < 1.29 is 0 Å². The lowest BCUT2D eigenvalue weighted by Crippen LogP contribution is -2.21. The van der Waals surface area contributed by atoms with E-state index in [9.17, 15) is 0 Å². The zero-order chi connectivity index (χ0) is 9.47. The zero-order valence-corrected chi connectivity index (χ0v) is 9.16. The summed E-state index contributed by atoms with van der Waals surface area (Å²) in [5.74, 6) is 0. The fraction of sp³-hybridized carbons (Fsp3) is 0.636. The van der Waals surface area contributed by atoms with Gasteiger partial charge in [0.1, 0.15) is 0 Å². The summed E-state index contributed by atoms with van der Waals surface area (Å²) in [6.07, 6.45) is 3.86. The van der Waals surface area contributed by atoms with E-state index in [2.05, 4.69) is 25.3 Å². The summed E-state index contributed by atoms with van der Waals surface area (Å²) < 4.78 is 0. The summed E-state index contributed by atoms with van der Waals surface area (Å²) in [7, 11) is 0. The minimum atomic E-state index is 0.280. The van der Waals surface area contributed by atoms with Crippen molar-refractivity contribution in [3.63, 3.8) is 0 Å². The molecule has 2 heteroatoms. The molecule has 1 unspecified atom stereocenters. The lowest BCUT2D eigenvalue weighted by Gasteiger charge is -2.20. The van der Waals surface area contributed by atoms with Crippen LogP contribution in [0.4, 0.5) is 0 Å². The van der Waals surface area contributed by atoms with Crippen LogP contribution >= 0.6 is 11.3 Å². The summed E-state index contributed by atoms with van der Waals surface area (Å²) in [5, 5.41) is 2.22. The van der Waals surface area contributed by atoms with Crippen LogP contribution in [0.3, 0.4) is 0 Å². The zero-order valence-electron chi connectivity index (χ0n) is 8.34. The van der Waals surface area contributed by atoms with Crippen LogP contribution in [-0.2, 0) is 0 Å². The quantitative estimate of drug-likeness (QED) is 0.787. The number of rotatable bonds is 3. The average molecular weight is 195 g/mol. The Hall–Kier alpha value is -0.340. The van der Waals surface area contributed by atoms with Crippen molar-refractivity contribution in [3.8, 4) is 0 Å². The first-order chi connectivity index (χ1) is 6.18. The van der Waals surface area contributed by atoms with Crippen molar-refractivity contribution >= 4 is 11.3 Å². The molecule has 1 aliphatic carbocycles. The van der Waals surface area contributed by atoms with Gasteiger partial charge in [-0.3, -0.25) is 0 Å². The maximum Gasteiger partial charge on any atom is 0.0360 e. The summed E-state index contributed by atoms with van der Waals surface area (Å²) in [5.41, 5.74) is 8.07. The van der Waals surface area contributed by atoms with E-state index < -0.39 is 0 Å². The Morgan fingerprint density at radius 1 is 1.62 bits per heavy atom. The van der Waals surface area contributed by atoms with Gasteiger partial charge in [-0.05, 0) is 48.6 Å². The summed E-state index contributed by atoms with van der Waals surface area (Å²) in [6.45, 7) is 4.40. The smallest absolute Gasteiger partial charge is 0.0360 e. The van der Waals surface area contributed by atoms with Gasteiger partial charge in [0.25, 0.3) is 0 Å². The maximum absolute atomic E-state index is 6.27. The van der Waals surface area contributed by atoms with Gasteiger partial charge in [0.05, 0.1) is 0 Å². The highest BCUT2D eigenvalue weighted by Crippen LogP contribution is 2.56. The summed E-state index contributed by atoms with van der Waals surface area (Å²) in [6, 6.07) is 2.52. The predicted molar refractivity (Wildman–Crippen MR) is 57.9 cm³/mol. The van der Waals surface area contributed by atoms with Crippen LogP contribution in [-0.4, -0.2) is 0 Å². The Bertz CT molecular complexity index is 299. The number of hydrogen-bond acceptors (Lipinski definition) is 2. The topological polar surface area (TPSA) is 26.0 Å². The van der Waals surface area contributed by atoms with Gasteiger partial charge in [-0.15, -0.1) is 11.3 Å². The molecule has 13 heavy (non-hydrogen) atoms. The molecule has 1 aliphatic rings. The Balaban J connectivity index is 2.17. The van der Waals surface area contributed by atoms with Gasteiger partial charge in [0.15, 0.2) is 0 Å². The van der Waals surface area contributed by atoms with Crippen molar-refractivity contribution in [1.82, 2.24) is 0 Å². The second kappa shape index (κ2) is 3.10. The molecule has 1 aromatic heterocycles. The lowest BCUT2D eigenvalue weighted by molar-refractivity contribution is 0.395. The van der Waals surface area contributed by atoms with Crippen molar-refractivity contribution in [2.24, 2.45) is 11.1 Å². The fourth-order valence-corrected chi connectivity index (χ4v) is 2.77. The molecule has 0 bridgehead atoms. The third-order valence-electron chi connectivity index (χ3n) is 3.37. The molecule has 1 heterocycles. The first-order valence-electron chi connectivity index (χ1n) is 4.98. The molecule has 0 aliphatic heterocycles. The SMILES string of the molecule is CCC1(C(N)c2csc(C)c2)CC1. The Labute approximate surface area is 84.0 Å². The molecule has 0 saturated heterocycles. The number of nitrogens with two attached hydrogens (primary N) is 1. The van der Waals surface area contributed by atoms with Crippen LogP contribution in [0.15, 0.2) is 11.4 Å². The van der Waals surface area contributed by atoms with Gasteiger partial charge in [0.2, 0.25) is 0 Å². The minimum absolute atomic E-state index is 0.280. The van der Waals surface area contributed by atoms with Crippen molar-refractivity contribution in [1.29, 1.82) is 0 Å². The molecule has 2 N–H and O–H groups in total. The highest BCUT2D eigenvalue weighted by Gasteiger charge is 2.46. The molecule has 72 valence electrons. The molecule has 1 saturated carbocycles. The number of hydrogen-bond donors (Lipinski definition) is 1. The largest absolute Gasteiger partial charge is 0.323 e. The summed E-state index contributed by atoms with van der Waals surface area (Å²) in [4.78, 5) is 1.37. The highest BCUT2D eigenvalue weighted by atomic mass is 32.1. The molecule has 1 fully saturated rings.